The number of hydrogen-bond acceptors (Lipinski definition) is 8. The molecule has 0 saturated carbocycles. The van der Waals surface area contributed by atoms with E-state index in [1.54, 1.807) is 17.3 Å². The molecule has 1 aliphatic rings. The quantitative estimate of drug-likeness (QED) is 0.650. The minimum Gasteiger partial charge on any atom is -0.337 e. The van der Waals surface area contributed by atoms with Crippen molar-refractivity contribution in [2.24, 2.45) is 5.92 Å². The summed E-state index contributed by atoms with van der Waals surface area (Å²) < 4.78 is 0. The molecule has 1 aliphatic heterocycles. The van der Waals surface area contributed by atoms with Gasteiger partial charge in [-0.3, -0.25) is 14.6 Å². The van der Waals surface area contributed by atoms with Crippen molar-refractivity contribution in [3.05, 3.63) is 40.1 Å². The highest BCUT2D eigenvalue weighted by Gasteiger charge is 2.31. The Morgan fingerprint density at radius 2 is 2.17 bits per heavy atom. The lowest BCUT2D eigenvalue weighted by molar-refractivity contribution is -0.121. The van der Waals surface area contributed by atoms with Crippen LogP contribution in [-0.4, -0.2) is 50.0 Å². The lowest BCUT2D eigenvalue weighted by Crippen LogP contribution is -2.43. The summed E-state index contributed by atoms with van der Waals surface area (Å²) in [7, 11) is 0. The van der Waals surface area contributed by atoms with E-state index in [4.69, 9.17) is 0 Å². The zero-order valence-electron chi connectivity index (χ0n) is 16.8. The summed E-state index contributed by atoms with van der Waals surface area (Å²) in [5, 5.41) is 13.1. The number of carbonyl (C=O) groups excluding carboxylic acids is 2. The van der Waals surface area contributed by atoms with Crippen LogP contribution < -0.4 is 5.32 Å². The fourth-order valence-electron chi connectivity index (χ4n) is 3.38. The monoisotopic (exact) mass is 442 g/mol. The molecule has 3 aromatic rings. The Hall–Kier alpha value is -2.72. The number of thiazole rings is 1. The van der Waals surface area contributed by atoms with Gasteiger partial charge in [0, 0.05) is 31.0 Å². The van der Waals surface area contributed by atoms with E-state index in [-0.39, 0.29) is 17.7 Å². The highest BCUT2D eigenvalue weighted by Crippen LogP contribution is 2.30. The number of carbonyl (C=O) groups is 2. The molecule has 2 amide bonds. The third-order valence-electron chi connectivity index (χ3n) is 4.98. The molecule has 8 nitrogen and oxygen atoms in total. The molecule has 0 radical (unpaired) electrons. The molecule has 0 bridgehead atoms. The number of amides is 2. The maximum atomic E-state index is 13.2. The second-order valence-electron chi connectivity index (χ2n) is 7.11. The number of rotatable bonds is 5. The van der Waals surface area contributed by atoms with Crippen LogP contribution in [0.5, 0.6) is 0 Å². The van der Waals surface area contributed by atoms with Crippen LogP contribution in [0, 0.1) is 12.8 Å². The van der Waals surface area contributed by atoms with Crippen LogP contribution in [0.25, 0.3) is 10.6 Å². The Morgan fingerprint density at radius 3 is 2.90 bits per heavy atom. The second kappa shape index (κ2) is 8.97. The molecule has 4 heterocycles. The van der Waals surface area contributed by atoms with E-state index >= 15 is 0 Å². The van der Waals surface area contributed by atoms with Crippen LogP contribution in [-0.2, 0) is 11.2 Å². The Morgan fingerprint density at radius 1 is 1.30 bits per heavy atom. The molecule has 1 fully saturated rings. The Balaban J connectivity index is 1.44. The van der Waals surface area contributed by atoms with Gasteiger partial charge >= 0.3 is 0 Å². The highest BCUT2D eigenvalue weighted by atomic mass is 32.1. The second-order valence-corrected chi connectivity index (χ2v) is 9.17. The van der Waals surface area contributed by atoms with E-state index in [0.29, 0.717) is 28.8 Å². The van der Waals surface area contributed by atoms with Crippen molar-refractivity contribution in [2.75, 3.05) is 18.4 Å². The number of likely N-dealkylation sites (tertiary alicyclic amines) is 1. The Kier molecular flexibility index (Phi) is 6.14. The molecule has 0 aromatic carbocycles. The lowest BCUT2D eigenvalue weighted by atomic mass is 9.97. The highest BCUT2D eigenvalue weighted by molar-refractivity contribution is 7.17. The smallest absolute Gasteiger partial charge is 0.265 e. The fraction of sp³-hybridized carbons (Fsp3) is 0.400. The first-order valence-electron chi connectivity index (χ1n) is 9.85. The molecule has 0 aliphatic carbocycles. The van der Waals surface area contributed by atoms with Gasteiger partial charge in [0.1, 0.15) is 14.9 Å². The minimum absolute atomic E-state index is 0.0678. The van der Waals surface area contributed by atoms with Crippen molar-refractivity contribution in [3.63, 3.8) is 0 Å². The number of aromatic nitrogens is 4. The van der Waals surface area contributed by atoms with E-state index < -0.39 is 0 Å². The molecule has 10 heteroatoms. The third-order valence-corrected chi connectivity index (χ3v) is 7.16. The lowest BCUT2D eigenvalue weighted by Gasteiger charge is -2.31. The van der Waals surface area contributed by atoms with E-state index in [9.17, 15) is 9.59 Å². The topological polar surface area (TPSA) is 101 Å². The van der Waals surface area contributed by atoms with Crippen molar-refractivity contribution in [2.45, 2.75) is 33.1 Å². The standard InChI is InChI=1S/C20H22N6O2S2/c1-3-15-24-25-20(29-15)23-17(27)14-7-5-9-26(11-14)19(28)16-12(2)22-18(30-16)13-6-4-8-21-10-13/h4,6,8,10,14H,3,5,7,9,11H2,1-2H3,(H,23,25,27). The number of piperidine rings is 1. The molecule has 3 aromatic heterocycles. The predicted octanol–water partition coefficient (Wildman–Crippen LogP) is 3.42. The first-order valence-corrected chi connectivity index (χ1v) is 11.5. The molecule has 4 rings (SSSR count). The summed E-state index contributed by atoms with van der Waals surface area (Å²) in [4.78, 5) is 36.9. The number of pyridine rings is 1. The molecule has 1 saturated heterocycles. The van der Waals surface area contributed by atoms with Gasteiger partial charge < -0.3 is 10.2 Å². The van der Waals surface area contributed by atoms with Crippen molar-refractivity contribution in [1.82, 2.24) is 25.1 Å². The van der Waals surface area contributed by atoms with E-state index in [0.717, 1.165) is 34.8 Å². The molecule has 156 valence electrons. The van der Waals surface area contributed by atoms with Crippen LogP contribution >= 0.6 is 22.7 Å². The van der Waals surface area contributed by atoms with Gasteiger partial charge in [0.05, 0.1) is 11.6 Å². The zero-order chi connectivity index (χ0) is 21.1. The SMILES string of the molecule is CCc1nnc(NC(=O)C2CCCN(C(=O)c3sc(-c4cccnc4)nc3C)C2)s1. The van der Waals surface area contributed by atoms with Crippen molar-refractivity contribution >= 4 is 39.6 Å². The third kappa shape index (κ3) is 4.39. The van der Waals surface area contributed by atoms with Gasteiger partial charge in [-0.25, -0.2) is 4.98 Å². The van der Waals surface area contributed by atoms with Crippen molar-refractivity contribution in [3.8, 4) is 10.6 Å². The maximum absolute atomic E-state index is 13.2. The molecule has 0 spiro atoms. The molecular weight excluding hydrogens is 420 g/mol. The largest absolute Gasteiger partial charge is 0.337 e. The summed E-state index contributed by atoms with van der Waals surface area (Å²) in [6.07, 6.45) is 5.77. The van der Waals surface area contributed by atoms with Crippen LogP contribution in [0.2, 0.25) is 0 Å². The van der Waals surface area contributed by atoms with Gasteiger partial charge in [-0.05, 0) is 38.3 Å². The van der Waals surface area contributed by atoms with Gasteiger partial charge in [-0.15, -0.1) is 21.5 Å². The van der Waals surface area contributed by atoms with Gasteiger partial charge in [-0.2, -0.15) is 0 Å². The van der Waals surface area contributed by atoms with Gasteiger partial charge in [-0.1, -0.05) is 18.3 Å². The van der Waals surface area contributed by atoms with Crippen LogP contribution in [0.1, 0.15) is 40.1 Å². The first kappa shape index (κ1) is 20.5. The van der Waals surface area contributed by atoms with Gasteiger partial charge in [0.25, 0.3) is 5.91 Å². The summed E-state index contributed by atoms with van der Waals surface area (Å²) in [5.41, 5.74) is 1.60. The Bertz CT molecular complexity index is 1050. The molecule has 1 N–H and O–H groups in total. The van der Waals surface area contributed by atoms with Crippen molar-refractivity contribution in [1.29, 1.82) is 0 Å². The Labute approximate surface area is 182 Å². The number of nitrogens with zero attached hydrogens (tertiary/aromatic N) is 5. The average Bonchev–Trinajstić information content (AvgIpc) is 3.40. The number of nitrogens with one attached hydrogen (secondary N) is 1. The molecule has 1 atom stereocenters. The van der Waals surface area contributed by atoms with E-state index in [2.05, 4.69) is 25.5 Å². The zero-order valence-corrected chi connectivity index (χ0v) is 18.4. The molecular formula is C20H22N6O2S2. The summed E-state index contributed by atoms with van der Waals surface area (Å²) in [5.74, 6) is -0.437. The van der Waals surface area contributed by atoms with Crippen LogP contribution in [0.15, 0.2) is 24.5 Å². The maximum Gasteiger partial charge on any atom is 0.265 e. The summed E-state index contributed by atoms with van der Waals surface area (Å²) in [6, 6.07) is 3.78. The van der Waals surface area contributed by atoms with E-state index in [1.165, 1.54) is 22.7 Å². The predicted molar refractivity (Wildman–Crippen MR) is 117 cm³/mol. The average molecular weight is 443 g/mol. The molecule has 30 heavy (non-hydrogen) atoms. The van der Waals surface area contributed by atoms with Crippen LogP contribution in [0.4, 0.5) is 5.13 Å². The van der Waals surface area contributed by atoms with Gasteiger partial charge in [0.2, 0.25) is 11.0 Å². The van der Waals surface area contributed by atoms with E-state index in [1.807, 2.05) is 26.0 Å². The fourth-order valence-corrected chi connectivity index (χ4v) is 5.09. The number of hydrogen-bond donors (Lipinski definition) is 1. The summed E-state index contributed by atoms with van der Waals surface area (Å²) in [6.45, 7) is 4.88. The first-order chi connectivity index (χ1) is 14.5. The number of aryl methyl sites for hydroxylation is 2. The van der Waals surface area contributed by atoms with Gasteiger partial charge in [0.15, 0.2) is 0 Å². The van der Waals surface area contributed by atoms with Crippen molar-refractivity contribution < 1.29 is 9.59 Å². The number of anilines is 1. The summed E-state index contributed by atoms with van der Waals surface area (Å²) >= 11 is 2.76. The van der Waals surface area contributed by atoms with Crippen LogP contribution in [0.3, 0.4) is 0 Å². The minimum atomic E-state index is -0.261. The normalized spacial score (nSPS) is 16.5. The molecule has 1 unspecified atom stereocenters.